The van der Waals surface area contributed by atoms with Gasteiger partial charge in [-0.2, -0.15) is 11.8 Å². The Kier molecular flexibility index (Phi) is 12.1. The summed E-state index contributed by atoms with van der Waals surface area (Å²) < 4.78 is 0. The largest absolute Gasteiger partial charge is 0.480 e. The fourth-order valence-electron chi connectivity index (χ4n) is 1.62. The highest BCUT2D eigenvalue weighted by molar-refractivity contribution is 7.99. The molecule has 0 saturated carbocycles. The first-order valence-corrected chi connectivity index (χ1v) is 7.90. The van der Waals surface area contributed by atoms with Gasteiger partial charge in [0.15, 0.2) is 0 Å². The van der Waals surface area contributed by atoms with Crippen LogP contribution < -0.4 is 5.73 Å². The van der Waals surface area contributed by atoms with Crippen LogP contribution >= 0.6 is 11.8 Å². The Morgan fingerprint density at radius 3 is 2.18 bits per heavy atom. The van der Waals surface area contributed by atoms with E-state index in [0.29, 0.717) is 5.75 Å². The van der Waals surface area contributed by atoms with Crippen molar-refractivity contribution in [1.82, 2.24) is 0 Å². The van der Waals surface area contributed by atoms with Crippen molar-refractivity contribution in [3.63, 3.8) is 0 Å². The second-order valence-corrected chi connectivity index (χ2v) is 5.64. The van der Waals surface area contributed by atoms with E-state index in [1.54, 1.807) is 11.8 Å². The molecule has 0 amide bonds. The van der Waals surface area contributed by atoms with Crippen LogP contribution in [0.5, 0.6) is 0 Å². The third-order valence-electron chi connectivity index (χ3n) is 2.76. The monoisotopic (exact) mass is 261 g/mol. The molecule has 0 aliphatic carbocycles. The Bertz CT molecular complexity index is 188. The number of hydrogen-bond donors (Lipinski definition) is 2. The molecule has 0 aromatic rings. The van der Waals surface area contributed by atoms with E-state index in [2.05, 4.69) is 6.92 Å². The minimum absolute atomic E-state index is 0.534. The Hall–Kier alpha value is -0.220. The number of carbonyl (C=O) groups is 1. The average Bonchev–Trinajstić information content (AvgIpc) is 2.31. The number of rotatable bonds is 12. The Morgan fingerprint density at radius 2 is 1.65 bits per heavy atom. The lowest BCUT2D eigenvalue weighted by atomic mass is 10.1. The highest BCUT2D eigenvalue weighted by Gasteiger charge is 2.10. The topological polar surface area (TPSA) is 63.3 Å². The van der Waals surface area contributed by atoms with Gasteiger partial charge < -0.3 is 10.8 Å². The van der Waals surface area contributed by atoms with E-state index < -0.39 is 12.0 Å². The van der Waals surface area contributed by atoms with E-state index in [0.717, 1.165) is 5.75 Å². The fraction of sp³-hybridized carbons (Fsp3) is 0.923. The second kappa shape index (κ2) is 12.2. The maximum Gasteiger partial charge on any atom is 0.321 e. The number of unbranched alkanes of at least 4 members (excludes halogenated alkanes) is 7. The Balaban J connectivity index is 3.06. The summed E-state index contributed by atoms with van der Waals surface area (Å²) in [6.07, 6.45) is 10.5. The van der Waals surface area contributed by atoms with E-state index >= 15 is 0 Å². The summed E-state index contributed by atoms with van der Waals surface area (Å²) in [7, 11) is 0. The molecule has 0 aromatic carbocycles. The summed E-state index contributed by atoms with van der Waals surface area (Å²) in [5, 5.41) is 8.59. The van der Waals surface area contributed by atoms with Gasteiger partial charge in [0.05, 0.1) is 0 Å². The van der Waals surface area contributed by atoms with Gasteiger partial charge >= 0.3 is 5.97 Å². The molecular weight excluding hydrogens is 234 g/mol. The lowest BCUT2D eigenvalue weighted by Crippen LogP contribution is -2.32. The molecule has 0 aliphatic rings. The maximum absolute atomic E-state index is 10.5. The molecule has 1 unspecified atom stereocenters. The van der Waals surface area contributed by atoms with Crippen molar-refractivity contribution >= 4 is 17.7 Å². The van der Waals surface area contributed by atoms with E-state index in [9.17, 15) is 4.79 Å². The van der Waals surface area contributed by atoms with Gasteiger partial charge in [-0.3, -0.25) is 4.79 Å². The number of thioether (sulfide) groups is 1. The molecule has 17 heavy (non-hydrogen) atoms. The van der Waals surface area contributed by atoms with Crippen LogP contribution in [0, 0.1) is 0 Å². The first-order chi connectivity index (χ1) is 8.18. The highest BCUT2D eigenvalue weighted by atomic mass is 32.2. The van der Waals surface area contributed by atoms with Crippen molar-refractivity contribution in [3.8, 4) is 0 Å². The molecule has 0 spiro atoms. The molecule has 1 atom stereocenters. The summed E-state index contributed by atoms with van der Waals surface area (Å²) in [4.78, 5) is 10.5. The second-order valence-electron chi connectivity index (χ2n) is 4.49. The lowest BCUT2D eigenvalue weighted by Gasteiger charge is -2.05. The fourth-order valence-corrected chi connectivity index (χ4v) is 2.59. The summed E-state index contributed by atoms with van der Waals surface area (Å²) >= 11 is 1.66. The maximum atomic E-state index is 10.5. The average molecular weight is 261 g/mol. The minimum Gasteiger partial charge on any atom is -0.480 e. The number of aliphatic carboxylic acids is 1. The van der Waals surface area contributed by atoms with Crippen molar-refractivity contribution in [2.75, 3.05) is 11.5 Å². The van der Waals surface area contributed by atoms with Gasteiger partial charge in [0.25, 0.3) is 0 Å². The number of nitrogens with two attached hydrogens (primary N) is 1. The van der Waals surface area contributed by atoms with Crippen LogP contribution in [0.3, 0.4) is 0 Å². The van der Waals surface area contributed by atoms with Gasteiger partial charge in [-0.25, -0.2) is 0 Å². The Morgan fingerprint density at radius 1 is 1.12 bits per heavy atom. The van der Waals surface area contributed by atoms with E-state index in [4.69, 9.17) is 10.8 Å². The van der Waals surface area contributed by atoms with E-state index in [1.807, 2.05) is 0 Å². The van der Waals surface area contributed by atoms with Crippen LogP contribution in [0.1, 0.15) is 58.3 Å². The van der Waals surface area contributed by atoms with Crippen molar-refractivity contribution in [2.24, 2.45) is 5.73 Å². The van der Waals surface area contributed by atoms with Crippen LogP contribution in [0.2, 0.25) is 0 Å². The standard InChI is InChI=1S/C13H27NO2S/c1-2-3-4-5-6-7-8-9-10-17-11-12(14)13(15)16/h12H,2-11,14H2,1H3,(H,15,16). The first-order valence-electron chi connectivity index (χ1n) is 6.74. The molecular formula is C13H27NO2S. The van der Waals surface area contributed by atoms with Crippen LogP contribution in [-0.4, -0.2) is 28.6 Å². The molecule has 3 nitrogen and oxygen atoms in total. The summed E-state index contributed by atoms with van der Waals surface area (Å²) in [6, 6.07) is -0.700. The molecule has 0 saturated heterocycles. The molecule has 0 aromatic heterocycles. The highest BCUT2D eigenvalue weighted by Crippen LogP contribution is 2.11. The zero-order valence-corrected chi connectivity index (χ0v) is 11.8. The van der Waals surface area contributed by atoms with Gasteiger partial charge in [-0.05, 0) is 12.2 Å². The van der Waals surface area contributed by atoms with E-state index in [-0.39, 0.29) is 0 Å². The number of carboxylic acids is 1. The number of carboxylic acid groups (broad SMARTS) is 1. The molecule has 0 fully saturated rings. The van der Waals surface area contributed by atoms with Crippen molar-refractivity contribution in [3.05, 3.63) is 0 Å². The quantitative estimate of drug-likeness (QED) is 0.529. The molecule has 0 heterocycles. The van der Waals surface area contributed by atoms with Gasteiger partial charge in [-0.15, -0.1) is 0 Å². The molecule has 0 bridgehead atoms. The SMILES string of the molecule is CCCCCCCCCCSCC(N)C(=O)O. The van der Waals surface area contributed by atoms with Crippen LogP contribution in [0.25, 0.3) is 0 Å². The predicted octanol–water partition coefficient (Wildman–Crippen LogP) is 3.27. The molecule has 0 radical (unpaired) electrons. The third kappa shape index (κ3) is 12.0. The van der Waals surface area contributed by atoms with Gasteiger partial charge in [0, 0.05) is 5.75 Å². The minimum atomic E-state index is -0.895. The first kappa shape index (κ1) is 16.8. The van der Waals surface area contributed by atoms with Crippen LogP contribution in [0.4, 0.5) is 0 Å². The lowest BCUT2D eigenvalue weighted by molar-refractivity contribution is -0.137. The van der Waals surface area contributed by atoms with Crippen LogP contribution in [-0.2, 0) is 4.79 Å². The molecule has 4 heteroatoms. The van der Waals surface area contributed by atoms with Crippen LogP contribution in [0.15, 0.2) is 0 Å². The molecule has 102 valence electrons. The van der Waals surface area contributed by atoms with Crippen molar-refractivity contribution < 1.29 is 9.90 Å². The molecule has 0 rings (SSSR count). The van der Waals surface area contributed by atoms with Gasteiger partial charge in [0.1, 0.15) is 6.04 Å². The third-order valence-corrected chi connectivity index (χ3v) is 3.93. The van der Waals surface area contributed by atoms with E-state index in [1.165, 1.54) is 51.4 Å². The van der Waals surface area contributed by atoms with Crippen molar-refractivity contribution in [2.45, 2.75) is 64.3 Å². The summed E-state index contributed by atoms with van der Waals surface area (Å²) in [5.41, 5.74) is 5.41. The summed E-state index contributed by atoms with van der Waals surface area (Å²) in [5.74, 6) is 0.676. The predicted molar refractivity (Wildman–Crippen MR) is 75.5 cm³/mol. The zero-order valence-electron chi connectivity index (χ0n) is 11.0. The number of hydrogen-bond acceptors (Lipinski definition) is 3. The molecule has 0 aliphatic heterocycles. The van der Waals surface area contributed by atoms with Crippen molar-refractivity contribution in [1.29, 1.82) is 0 Å². The Labute approximate surface area is 110 Å². The smallest absolute Gasteiger partial charge is 0.321 e. The zero-order chi connectivity index (χ0) is 12.9. The summed E-state index contributed by atoms with van der Waals surface area (Å²) in [6.45, 7) is 2.24. The normalized spacial score (nSPS) is 12.6. The van der Waals surface area contributed by atoms with Gasteiger partial charge in [0.2, 0.25) is 0 Å². The molecule has 3 N–H and O–H groups in total. The van der Waals surface area contributed by atoms with Gasteiger partial charge in [-0.1, -0.05) is 51.9 Å².